The average molecular weight is 891 g/mol. The average Bonchev–Trinajstić information content (AvgIpc) is 3.52. The largest absolute Gasteiger partial charge is 0.748 e. The molecular weight excluding hydrogens is 825 g/mol. The summed E-state index contributed by atoms with van der Waals surface area (Å²) in [6.07, 6.45) is 1.88. The first-order chi connectivity index (χ1) is 29.1. The van der Waals surface area contributed by atoms with Crippen LogP contribution >= 0.6 is 0 Å². The van der Waals surface area contributed by atoms with Crippen LogP contribution in [0.15, 0.2) is 51.1 Å². The summed E-state index contributed by atoms with van der Waals surface area (Å²) in [7, 11) is -5.37. The van der Waals surface area contributed by atoms with Gasteiger partial charge in [0.25, 0.3) is 14.7 Å². The molecule has 0 spiro atoms. The second-order valence-electron chi connectivity index (χ2n) is 14.8. The predicted molar refractivity (Wildman–Crippen MR) is 235 cm³/mol. The van der Waals surface area contributed by atoms with Crippen LogP contribution in [0.25, 0.3) is 0 Å². The Morgan fingerprint density at radius 3 is 1.02 bits per heavy atom. The van der Waals surface area contributed by atoms with Crippen molar-refractivity contribution in [3.63, 3.8) is 0 Å². The van der Waals surface area contributed by atoms with Gasteiger partial charge < -0.3 is 47.2 Å². The lowest BCUT2D eigenvalue weighted by molar-refractivity contribution is -0.128. The molecule has 3 aromatic carbocycles. The van der Waals surface area contributed by atoms with Crippen molar-refractivity contribution in [1.82, 2.24) is 0 Å². The Labute approximate surface area is 366 Å². The fourth-order valence-corrected chi connectivity index (χ4v) is 12.1. The standard InChI is InChI=1S/C36H51O9S.C10H16O4S/c1-10-37-25-19-28(40-13-4)34(29(20-25)41-14-5)46(35-30(42-15-6)21-26(38-11-2)22-31(35)43-16-7)36-32(44-17-8)23-27(39-12-3)24-33(36)45-18-9;1-9(2)7-3-4-10(9,8(11)5-7)6-15(12,13)14/h19-24H,10-18H2,1-9H3;7H,3-6H2,1-2H3,(H,12,13,14)/q+1;/p-1. The summed E-state index contributed by atoms with van der Waals surface area (Å²) < 4.78 is 89.0. The molecule has 0 aliphatic heterocycles. The van der Waals surface area contributed by atoms with Gasteiger partial charge in [0.2, 0.25) is 0 Å². The summed E-state index contributed by atoms with van der Waals surface area (Å²) >= 11 is 0. The van der Waals surface area contributed by atoms with Gasteiger partial charge in [-0.05, 0) is 86.5 Å². The predicted octanol–water partition coefficient (Wildman–Crippen LogP) is 9.30. The van der Waals surface area contributed by atoms with E-state index in [2.05, 4.69) is 0 Å². The van der Waals surface area contributed by atoms with Gasteiger partial charge in [0, 0.05) is 48.2 Å². The van der Waals surface area contributed by atoms with Crippen molar-refractivity contribution in [3.05, 3.63) is 36.4 Å². The van der Waals surface area contributed by atoms with Crippen LogP contribution in [0.2, 0.25) is 0 Å². The zero-order valence-electron chi connectivity index (χ0n) is 37.9. The Bertz CT molecular complexity index is 1790. The first-order valence-corrected chi connectivity index (χ1v) is 24.3. The molecule has 13 nitrogen and oxygen atoms in total. The molecule has 0 amide bonds. The number of carbonyl (C=O) groups is 1. The molecule has 2 unspecified atom stereocenters. The lowest BCUT2D eigenvalue weighted by atomic mass is 9.70. The third-order valence-corrected chi connectivity index (χ3v) is 14.2. The molecule has 0 aromatic heterocycles. The number of benzene rings is 3. The Balaban J connectivity index is 0.000000454. The first kappa shape index (κ1) is 49.4. The minimum Gasteiger partial charge on any atom is -0.748 e. The smallest absolute Gasteiger partial charge is 0.250 e. The van der Waals surface area contributed by atoms with Crippen LogP contribution in [0.5, 0.6) is 51.7 Å². The fourth-order valence-electron chi connectivity index (χ4n) is 8.30. The topological polar surface area (TPSA) is 157 Å². The summed E-state index contributed by atoms with van der Waals surface area (Å²) in [5.41, 5.74) is -1.22. The summed E-state index contributed by atoms with van der Waals surface area (Å²) in [6.45, 7) is 25.4. The highest BCUT2D eigenvalue weighted by Crippen LogP contribution is 2.64. The fraction of sp³-hybridized carbons (Fsp3) is 0.587. The number of carbonyl (C=O) groups excluding carboxylic acids is 1. The van der Waals surface area contributed by atoms with Crippen molar-refractivity contribution >= 4 is 26.8 Å². The zero-order chi connectivity index (χ0) is 45.0. The first-order valence-electron chi connectivity index (χ1n) is 21.5. The molecular formula is C46H66O13S2. The minimum atomic E-state index is -4.33. The van der Waals surface area contributed by atoms with Gasteiger partial charge in [-0.3, -0.25) is 4.79 Å². The molecule has 2 atom stereocenters. The molecule has 2 aliphatic rings. The van der Waals surface area contributed by atoms with Crippen molar-refractivity contribution in [2.24, 2.45) is 16.7 Å². The molecule has 0 N–H and O–H groups in total. The van der Waals surface area contributed by atoms with Crippen LogP contribution in [0, 0.1) is 16.7 Å². The van der Waals surface area contributed by atoms with E-state index >= 15 is 0 Å². The van der Waals surface area contributed by atoms with Crippen molar-refractivity contribution < 1.29 is 60.4 Å². The normalized spacial score (nSPS) is 17.7. The van der Waals surface area contributed by atoms with E-state index in [-0.39, 0.29) is 17.1 Å². The summed E-state index contributed by atoms with van der Waals surface area (Å²) in [6, 6.07) is 11.5. The number of hydrogen-bond acceptors (Lipinski definition) is 13. The Morgan fingerprint density at radius 2 is 0.820 bits per heavy atom. The van der Waals surface area contributed by atoms with Crippen LogP contribution < -0.4 is 42.6 Å². The third-order valence-electron chi connectivity index (χ3n) is 10.9. The van der Waals surface area contributed by atoms with Crippen molar-refractivity contribution in [2.45, 2.75) is 110 Å². The van der Waals surface area contributed by atoms with Crippen LogP contribution in [0.1, 0.15) is 95.4 Å². The SMILES string of the molecule is CC1(C)C2CCC1(CS(=O)(=O)[O-])C(=O)C2.CCOc1cc(OCC)c([S+](c2c(OCC)cc(OCC)cc2OCC)c2c(OCC)cc(OCC)cc2OCC)c(OCC)c1. The maximum atomic E-state index is 11.8. The molecule has 3 aromatic rings. The number of fused-ring (bicyclic) bond motifs is 2. The molecule has 0 heterocycles. The van der Waals surface area contributed by atoms with E-state index in [9.17, 15) is 17.8 Å². The minimum absolute atomic E-state index is 0.0248. The molecule has 61 heavy (non-hydrogen) atoms. The molecule has 2 bridgehead atoms. The highest BCUT2D eigenvalue weighted by Gasteiger charge is 2.64. The Kier molecular flexibility index (Phi) is 18.0. The van der Waals surface area contributed by atoms with Gasteiger partial charge in [0.05, 0.1) is 75.3 Å². The number of ketones is 1. The third kappa shape index (κ3) is 11.2. The van der Waals surface area contributed by atoms with Crippen LogP contribution in [0.4, 0.5) is 0 Å². The lowest BCUT2D eigenvalue weighted by Gasteiger charge is -2.37. The molecule has 2 aliphatic carbocycles. The second-order valence-corrected chi connectivity index (χ2v) is 18.1. The second kappa shape index (κ2) is 22.2. The van der Waals surface area contributed by atoms with Crippen LogP contribution in [0.3, 0.4) is 0 Å². The van der Waals surface area contributed by atoms with Gasteiger partial charge in [-0.2, -0.15) is 0 Å². The number of hydrogen-bond donors (Lipinski definition) is 0. The van der Waals surface area contributed by atoms with E-state index in [1.807, 2.05) is 113 Å². The highest BCUT2D eigenvalue weighted by molar-refractivity contribution is 7.97. The van der Waals surface area contributed by atoms with E-state index in [4.69, 9.17) is 42.6 Å². The Morgan fingerprint density at radius 1 is 0.541 bits per heavy atom. The molecule has 0 saturated heterocycles. The van der Waals surface area contributed by atoms with Crippen molar-refractivity contribution in [2.75, 3.05) is 65.2 Å². The molecule has 0 radical (unpaired) electrons. The van der Waals surface area contributed by atoms with Gasteiger partial charge in [-0.15, -0.1) is 0 Å². The maximum absolute atomic E-state index is 11.8. The number of ether oxygens (including phenoxy) is 9. The summed E-state index contributed by atoms with van der Waals surface area (Å²) in [5.74, 6) is 5.31. The number of rotatable bonds is 23. The van der Waals surface area contributed by atoms with E-state index in [0.717, 1.165) is 21.1 Å². The molecule has 340 valence electrons. The van der Waals surface area contributed by atoms with E-state index < -0.39 is 32.2 Å². The molecule has 2 saturated carbocycles. The molecule has 2 fully saturated rings. The molecule has 5 rings (SSSR count). The zero-order valence-corrected chi connectivity index (χ0v) is 39.5. The van der Waals surface area contributed by atoms with Crippen LogP contribution in [-0.4, -0.2) is 84.0 Å². The van der Waals surface area contributed by atoms with E-state index in [0.29, 0.717) is 124 Å². The van der Waals surface area contributed by atoms with E-state index in [1.165, 1.54) is 0 Å². The molecule has 15 heteroatoms. The highest BCUT2D eigenvalue weighted by atomic mass is 32.2. The van der Waals surface area contributed by atoms with Crippen molar-refractivity contribution in [1.29, 1.82) is 0 Å². The Hall–Kier alpha value is -4.21. The van der Waals surface area contributed by atoms with E-state index in [1.54, 1.807) is 0 Å². The van der Waals surface area contributed by atoms with Gasteiger partial charge in [-0.1, -0.05) is 13.8 Å². The quantitative estimate of drug-likeness (QED) is 0.0656. The number of Topliss-reactive ketones (excluding diaryl/α,β-unsaturated/α-hetero) is 1. The van der Waals surface area contributed by atoms with Gasteiger partial charge >= 0.3 is 0 Å². The van der Waals surface area contributed by atoms with Crippen LogP contribution in [-0.2, 0) is 25.8 Å². The lowest BCUT2D eigenvalue weighted by Crippen LogP contribution is -2.42. The maximum Gasteiger partial charge on any atom is 0.250 e. The summed E-state index contributed by atoms with van der Waals surface area (Å²) in [4.78, 5) is 14.2. The van der Waals surface area contributed by atoms with Gasteiger partial charge in [0.15, 0.2) is 34.5 Å². The van der Waals surface area contributed by atoms with Gasteiger partial charge in [0.1, 0.15) is 33.9 Å². The summed E-state index contributed by atoms with van der Waals surface area (Å²) in [5, 5.41) is 0. The van der Waals surface area contributed by atoms with Crippen molar-refractivity contribution in [3.8, 4) is 51.7 Å². The monoisotopic (exact) mass is 890 g/mol. The van der Waals surface area contributed by atoms with Gasteiger partial charge in [-0.25, -0.2) is 8.42 Å².